The van der Waals surface area contributed by atoms with Crippen molar-refractivity contribution in [2.75, 3.05) is 6.61 Å². The van der Waals surface area contributed by atoms with E-state index in [0.717, 1.165) is 32.1 Å². The van der Waals surface area contributed by atoms with E-state index in [1.165, 1.54) is 12.0 Å². The fourth-order valence-electron chi connectivity index (χ4n) is 6.67. The first-order chi connectivity index (χ1) is 12.7. The quantitative estimate of drug-likeness (QED) is 0.735. The minimum Gasteiger partial charge on any atom is -0.479 e. The fourth-order valence-corrected chi connectivity index (χ4v) is 6.67. The summed E-state index contributed by atoms with van der Waals surface area (Å²) >= 11 is 0. The second-order valence-electron chi connectivity index (χ2n) is 9.65. The lowest BCUT2D eigenvalue weighted by molar-refractivity contribution is -0.142. The monoisotopic (exact) mass is 373 g/mol. The maximum atomic E-state index is 11.0. The van der Waals surface area contributed by atoms with Crippen molar-refractivity contribution in [1.29, 1.82) is 0 Å². The molecular weight excluding hydrogens is 342 g/mol. The molecule has 4 rings (SSSR count). The van der Waals surface area contributed by atoms with Gasteiger partial charge in [0.25, 0.3) is 0 Å². The van der Waals surface area contributed by atoms with Gasteiger partial charge in [0.1, 0.15) is 5.71 Å². The van der Waals surface area contributed by atoms with Crippen LogP contribution in [0.3, 0.4) is 0 Å². The third kappa shape index (κ3) is 2.77. The molecular formula is C22H31NO4. The van der Waals surface area contributed by atoms with Crippen molar-refractivity contribution in [3.8, 4) is 0 Å². The van der Waals surface area contributed by atoms with Crippen molar-refractivity contribution < 1.29 is 19.8 Å². The Kier molecular flexibility index (Phi) is 4.30. The number of nitrogens with zero attached hydrogens (tertiary/aromatic N) is 1. The molecule has 0 aliphatic heterocycles. The standard InChI is InChI=1S/C22H31NO4/c1-20-9-6-15(23-27-13-19(24)25)12-14(20)4-5-16-17(20)7-10-21(2)18(16)8-11-22(21,3)26/h6,9,12,16-18,26H,4-5,7-8,10-11,13H2,1-3H3,(H,24,25)/b23-15+/t16-,17-,18+,20+,21+,22+/m1/s1. The highest BCUT2D eigenvalue weighted by Crippen LogP contribution is 2.66. The Morgan fingerprint density at radius 3 is 2.70 bits per heavy atom. The average Bonchev–Trinajstić information content (AvgIpc) is 2.84. The number of carboxylic acids is 1. The van der Waals surface area contributed by atoms with Gasteiger partial charge in [-0.1, -0.05) is 30.7 Å². The second kappa shape index (κ2) is 6.20. The largest absolute Gasteiger partial charge is 0.479 e. The number of allylic oxidation sites excluding steroid dienone is 4. The van der Waals surface area contributed by atoms with E-state index in [0.29, 0.717) is 23.5 Å². The van der Waals surface area contributed by atoms with Crippen LogP contribution in [-0.2, 0) is 9.63 Å². The highest BCUT2D eigenvalue weighted by molar-refractivity contribution is 6.05. The first kappa shape index (κ1) is 18.7. The predicted molar refractivity (Wildman–Crippen MR) is 103 cm³/mol. The molecule has 0 radical (unpaired) electrons. The lowest BCUT2D eigenvalue weighted by Crippen LogP contribution is -2.53. The van der Waals surface area contributed by atoms with E-state index >= 15 is 0 Å². The normalized spacial score (nSPS) is 47.0. The van der Waals surface area contributed by atoms with Gasteiger partial charge in [-0.25, -0.2) is 4.79 Å². The summed E-state index contributed by atoms with van der Waals surface area (Å²) < 4.78 is 0. The Bertz CT molecular complexity index is 737. The summed E-state index contributed by atoms with van der Waals surface area (Å²) in [5, 5.41) is 23.7. The van der Waals surface area contributed by atoms with Gasteiger partial charge in [0.05, 0.1) is 5.60 Å². The van der Waals surface area contributed by atoms with Gasteiger partial charge in [0, 0.05) is 5.41 Å². The zero-order chi connectivity index (χ0) is 19.4. The maximum Gasteiger partial charge on any atom is 0.344 e. The SMILES string of the molecule is C[C@]12C=C/C(=N\OCC(=O)O)C=C1CC[C@@H]1[C@H]2CC[C@@]2(C)[C@H]1CC[C@]2(C)O. The second-order valence-corrected chi connectivity index (χ2v) is 9.65. The number of hydrogen-bond acceptors (Lipinski definition) is 4. The molecule has 0 unspecified atom stereocenters. The van der Waals surface area contributed by atoms with Gasteiger partial charge in [-0.05, 0) is 80.8 Å². The first-order valence-electron chi connectivity index (χ1n) is 10.2. The molecule has 0 saturated heterocycles. The molecule has 0 spiro atoms. The molecule has 0 aromatic rings. The molecule has 3 saturated carbocycles. The van der Waals surface area contributed by atoms with Gasteiger partial charge in [-0.3, -0.25) is 0 Å². The topological polar surface area (TPSA) is 79.1 Å². The van der Waals surface area contributed by atoms with Crippen LogP contribution in [0.1, 0.15) is 59.3 Å². The Hall–Kier alpha value is -1.62. The van der Waals surface area contributed by atoms with E-state index in [1.807, 2.05) is 13.0 Å². The van der Waals surface area contributed by atoms with Gasteiger partial charge < -0.3 is 15.1 Å². The number of oxime groups is 1. The fraction of sp³-hybridized carbons (Fsp3) is 0.727. The zero-order valence-corrected chi connectivity index (χ0v) is 16.6. The molecule has 5 nitrogen and oxygen atoms in total. The molecule has 2 N–H and O–H groups in total. The number of aliphatic hydroxyl groups is 1. The van der Waals surface area contributed by atoms with Crippen molar-refractivity contribution in [2.24, 2.45) is 33.7 Å². The Labute approximate surface area is 161 Å². The van der Waals surface area contributed by atoms with Crippen LogP contribution in [0.25, 0.3) is 0 Å². The summed E-state index contributed by atoms with van der Waals surface area (Å²) in [4.78, 5) is 15.5. The summed E-state index contributed by atoms with van der Waals surface area (Å²) in [7, 11) is 0. The number of carboxylic acid groups (broad SMARTS) is 1. The minimum absolute atomic E-state index is 0.0323. The zero-order valence-electron chi connectivity index (χ0n) is 16.6. The third-order valence-corrected chi connectivity index (χ3v) is 8.49. The Balaban J connectivity index is 1.57. The van der Waals surface area contributed by atoms with Crippen molar-refractivity contribution in [3.63, 3.8) is 0 Å². The van der Waals surface area contributed by atoms with Crippen LogP contribution in [0.15, 0.2) is 29.0 Å². The van der Waals surface area contributed by atoms with Crippen molar-refractivity contribution >= 4 is 11.7 Å². The molecule has 27 heavy (non-hydrogen) atoms. The van der Waals surface area contributed by atoms with Crippen LogP contribution in [-0.4, -0.2) is 34.1 Å². The molecule has 0 aromatic carbocycles. The highest BCUT2D eigenvalue weighted by atomic mass is 16.6. The molecule has 0 bridgehead atoms. The van der Waals surface area contributed by atoms with Crippen LogP contribution in [0.5, 0.6) is 0 Å². The van der Waals surface area contributed by atoms with Crippen LogP contribution in [0, 0.1) is 28.6 Å². The summed E-state index contributed by atoms with van der Waals surface area (Å²) in [6, 6.07) is 0. The lowest BCUT2D eigenvalue weighted by Gasteiger charge is -2.58. The van der Waals surface area contributed by atoms with E-state index in [2.05, 4.69) is 31.2 Å². The van der Waals surface area contributed by atoms with Gasteiger partial charge in [-0.15, -0.1) is 0 Å². The number of aliphatic carboxylic acids is 1. The maximum absolute atomic E-state index is 11.0. The molecule has 4 aliphatic rings. The minimum atomic E-state index is -1.02. The van der Waals surface area contributed by atoms with Crippen molar-refractivity contribution in [2.45, 2.75) is 64.9 Å². The van der Waals surface area contributed by atoms with Gasteiger partial charge in [0.2, 0.25) is 6.61 Å². The van der Waals surface area contributed by atoms with Gasteiger partial charge in [-0.2, -0.15) is 0 Å². The highest BCUT2D eigenvalue weighted by Gasteiger charge is 2.61. The van der Waals surface area contributed by atoms with Gasteiger partial charge in [0.15, 0.2) is 0 Å². The Morgan fingerprint density at radius 2 is 1.96 bits per heavy atom. The number of carbonyl (C=O) groups is 1. The van der Waals surface area contributed by atoms with Crippen LogP contribution in [0.2, 0.25) is 0 Å². The third-order valence-electron chi connectivity index (χ3n) is 8.49. The lowest BCUT2D eigenvalue weighted by atomic mass is 9.47. The Morgan fingerprint density at radius 1 is 1.22 bits per heavy atom. The number of fused-ring (bicyclic) bond motifs is 5. The summed E-state index contributed by atoms with van der Waals surface area (Å²) in [5.41, 5.74) is 1.62. The molecule has 0 amide bonds. The molecule has 0 aromatic heterocycles. The van der Waals surface area contributed by atoms with E-state index in [9.17, 15) is 9.90 Å². The van der Waals surface area contributed by atoms with Crippen molar-refractivity contribution in [1.82, 2.24) is 0 Å². The van der Waals surface area contributed by atoms with Crippen LogP contribution in [0.4, 0.5) is 0 Å². The smallest absolute Gasteiger partial charge is 0.344 e. The van der Waals surface area contributed by atoms with E-state index in [4.69, 9.17) is 9.94 Å². The molecule has 3 fully saturated rings. The number of rotatable bonds is 3. The summed E-state index contributed by atoms with van der Waals surface area (Å²) in [5.74, 6) is 0.843. The van der Waals surface area contributed by atoms with E-state index in [1.54, 1.807) is 0 Å². The van der Waals surface area contributed by atoms with Crippen LogP contribution < -0.4 is 0 Å². The molecule has 0 heterocycles. The molecule has 4 aliphatic carbocycles. The van der Waals surface area contributed by atoms with Gasteiger partial charge >= 0.3 is 5.97 Å². The van der Waals surface area contributed by atoms with Crippen LogP contribution >= 0.6 is 0 Å². The molecule has 148 valence electrons. The van der Waals surface area contributed by atoms with Crippen molar-refractivity contribution in [3.05, 3.63) is 23.8 Å². The van der Waals surface area contributed by atoms with E-state index in [-0.39, 0.29) is 10.8 Å². The summed E-state index contributed by atoms with van der Waals surface area (Å²) in [6.07, 6.45) is 12.8. The number of hydrogen-bond donors (Lipinski definition) is 2. The summed E-state index contributed by atoms with van der Waals surface area (Å²) in [6.45, 7) is 6.29. The average molecular weight is 373 g/mol. The first-order valence-corrected chi connectivity index (χ1v) is 10.2. The predicted octanol–water partition coefficient (Wildman–Crippen LogP) is 3.93. The molecule has 5 heteroatoms. The van der Waals surface area contributed by atoms with E-state index < -0.39 is 18.2 Å². The molecule has 6 atom stereocenters.